The largest absolute Gasteiger partial charge is 0.459 e. The van der Waals surface area contributed by atoms with Crippen molar-refractivity contribution in [1.29, 1.82) is 0 Å². The number of furan rings is 1. The van der Waals surface area contributed by atoms with Crippen molar-refractivity contribution in [2.75, 3.05) is 31.5 Å². The summed E-state index contributed by atoms with van der Waals surface area (Å²) in [6.45, 7) is 1.92. The highest BCUT2D eigenvalue weighted by Gasteiger charge is 2.26. The van der Waals surface area contributed by atoms with Crippen molar-refractivity contribution < 1.29 is 14.0 Å². The first-order valence-corrected chi connectivity index (χ1v) is 9.11. The van der Waals surface area contributed by atoms with Gasteiger partial charge in [0.25, 0.3) is 11.8 Å². The Morgan fingerprint density at radius 3 is 2.18 bits per heavy atom. The lowest BCUT2D eigenvalue weighted by molar-refractivity contribution is 0.0518. The molecule has 3 aromatic rings. The number of piperazine rings is 1. The van der Waals surface area contributed by atoms with E-state index in [9.17, 15) is 9.59 Å². The Kier molecular flexibility index (Phi) is 5.05. The third kappa shape index (κ3) is 3.88. The molecule has 1 fully saturated rings. The van der Waals surface area contributed by atoms with E-state index in [0.717, 1.165) is 5.69 Å². The standard InChI is InChI=1S/C21H20N4O3/c26-20(16-8-9-19(22-15-16)23-17-5-2-1-3-6-17)24-10-12-25(13-11-24)21(27)18-7-4-14-28-18/h1-9,14-15H,10-13H2,(H,22,23). The minimum atomic E-state index is -0.143. The summed E-state index contributed by atoms with van der Waals surface area (Å²) < 4.78 is 5.16. The van der Waals surface area contributed by atoms with E-state index >= 15 is 0 Å². The molecule has 28 heavy (non-hydrogen) atoms. The Hall–Kier alpha value is -3.61. The number of nitrogens with one attached hydrogen (secondary N) is 1. The second kappa shape index (κ2) is 7.96. The quantitative estimate of drug-likeness (QED) is 0.757. The number of hydrogen-bond acceptors (Lipinski definition) is 5. The first-order chi connectivity index (χ1) is 13.7. The zero-order valence-electron chi connectivity index (χ0n) is 15.2. The highest BCUT2D eigenvalue weighted by molar-refractivity contribution is 5.95. The summed E-state index contributed by atoms with van der Waals surface area (Å²) in [5.74, 6) is 0.779. The van der Waals surface area contributed by atoms with Gasteiger partial charge in [-0.2, -0.15) is 0 Å². The molecular weight excluding hydrogens is 356 g/mol. The van der Waals surface area contributed by atoms with Crippen molar-refractivity contribution in [3.8, 4) is 0 Å². The molecule has 2 amide bonds. The van der Waals surface area contributed by atoms with Crippen molar-refractivity contribution in [2.45, 2.75) is 0 Å². The smallest absolute Gasteiger partial charge is 0.289 e. The summed E-state index contributed by atoms with van der Waals surface area (Å²) in [5.41, 5.74) is 1.47. The zero-order chi connectivity index (χ0) is 19.3. The van der Waals surface area contributed by atoms with E-state index in [1.807, 2.05) is 30.3 Å². The van der Waals surface area contributed by atoms with Crippen molar-refractivity contribution in [3.05, 3.63) is 78.4 Å². The Bertz CT molecular complexity index is 932. The molecule has 0 unspecified atom stereocenters. The number of amides is 2. The van der Waals surface area contributed by atoms with Crippen LogP contribution in [-0.2, 0) is 0 Å². The molecule has 1 saturated heterocycles. The molecule has 0 aliphatic carbocycles. The maximum atomic E-state index is 12.7. The molecule has 2 aromatic heterocycles. The van der Waals surface area contributed by atoms with Gasteiger partial charge in [-0.25, -0.2) is 4.98 Å². The number of nitrogens with zero attached hydrogens (tertiary/aromatic N) is 3. The van der Waals surface area contributed by atoms with Crippen molar-refractivity contribution in [2.24, 2.45) is 0 Å². The number of aromatic nitrogens is 1. The number of carbonyl (C=O) groups excluding carboxylic acids is 2. The fourth-order valence-electron chi connectivity index (χ4n) is 3.11. The number of benzene rings is 1. The summed E-state index contributed by atoms with van der Waals surface area (Å²) in [5, 5.41) is 3.19. The van der Waals surface area contributed by atoms with Crippen LogP contribution in [0.25, 0.3) is 0 Å². The third-order valence-electron chi connectivity index (χ3n) is 4.64. The molecule has 0 spiro atoms. The van der Waals surface area contributed by atoms with E-state index in [-0.39, 0.29) is 11.8 Å². The van der Waals surface area contributed by atoms with Gasteiger partial charge in [0.15, 0.2) is 5.76 Å². The van der Waals surface area contributed by atoms with Gasteiger partial charge < -0.3 is 19.5 Å². The van der Waals surface area contributed by atoms with Crippen molar-refractivity contribution >= 4 is 23.3 Å². The van der Waals surface area contributed by atoms with Crippen molar-refractivity contribution in [1.82, 2.24) is 14.8 Å². The average Bonchev–Trinajstić information content (AvgIpc) is 3.29. The SMILES string of the molecule is O=C(c1ccc(Nc2ccccc2)nc1)N1CCN(C(=O)c2ccco2)CC1. The highest BCUT2D eigenvalue weighted by Crippen LogP contribution is 2.16. The molecule has 0 saturated carbocycles. The van der Waals surface area contributed by atoms with E-state index < -0.39 is 0 Å². The van der Waals surface area contributed by atoms with Gasteiger partial charge in [0.05, 0.1) is 11.8 Å². The maximum Gasteiger partial charge on any atom is 0.289 e. The second-order valence-corrected chi connectivity index (χ2v) is 6.48. The molecule has 4 rings (SSSR count). The monoisotopic (exact) mass is 376 g/mol. The molecular formula is C21H20N4O3. The fourth-order valence-corrected chi connectivity index (χ4v) is 3.11. The van der Waals surface area contributed by atoms with E-state index in [1.165, 1.54) is 6.26 Å². The second-order valence-electron chi connectivity index (χ2n) is 6.48. The molecule has 3 heterocycles. The third-order valence-corrected chi connectivity index (χ3v) is 4.64. The van der Waals surface area contributed by atoms with Crippen LogP contribution in [0.4, 0.5) is 11.5 Å². The van der Waals surface area contributed by atoms with Gasteiger partial charge in [0, 0.05) is 38.1 Å². The first kappa shape index (κ1) is 17.8. The first-order valence-electron chi connectivity index (χ1n) is 9.11. The van der Waals surface area contributed by atoms with Crippen LogP contribution in [0.2, 0.25) is 0 Å². The zero-order valence-corrected chi connectivity index (χ0v) is 15.2. The van der Waals surface area contributed by atoms with Crippen LogP contribution in [0.5, 0.6) is 0 Å². The molecule has 7 heteroatoms. The summed E-state index contributed by atoms with van der Waals surface area (Å²) in [6, 6.07) is 16.6. The number of rotatable bonds is 4. The molecule has 1 aromatic carbocycles. The average molecular weight is 376 g/mol. The van der Waals surface area contributed by atoms with Crippen LogP contribution in [0, 0.1) is 0 Å². The Morgan fingerprint density at radius 2 is 1.57 bits per heavy atom. The van der Waals surface area contributed by atoms with Gasteiger partial charge in [0.1, 0.15) is 5.82 Å². The van der Waals surface area contributed by atoms with E-state index in [0.29, 0.717) is 43.3 Å². The number of pyridine rings is 1. The predicted octanol–water partition coefficient (Wildman–Crippen LogP) is 3.02. The fraction of sp³-hybridized carbons (Fsp3) is 0.190. The summed E-state index contributed by atoms with van der Waals surface area (Å²) >= 11 is 0. The molecule has 0 bridgehead atoms. The lowest BCUT2D eigenvalue weighted by Gasteiger charge is -2.34. The lowest BCUT2D eigenvalue weighted by atomic mass is 10.2. The molecule has 0 atom stereocenters. The van der Waals surface area contributed by atoms with E-state index in [2.05, 4.69) is 10.3 Å². The lowest BCUT2D eigenvalue weighted by Crippen LogP contribution is -2.50. The number of carbonyl (C=O) groups is 2. The van der Waals surface area contributed by atoms with Crippen LogP contribution in [-0.4, -0.2) is 52.8 Å². The summed E-state index contributed by atoms with van der Waals surface area (Å²) in [4.78, 5) is 32.8. The predicted molar refractivity (Wildman–Crippen MR) is 104 cm³/mol. The van der Waals surface area contributed by atoms with Gasteiger partial charge in [0.2, 0.25) is 0 Å². The van der Waals surface area contributed by atoms with Crippen molar-refractivity contribution in [3.63, 3.8) is 0 Å². The van der Waals surface area contributed by atoms with Crippen LogP contribution < -0.4 is 5.32 Å². The van der Waals surface area contributed by atoms with E-state index in [4.69, 9.17) is 4.42 Å². The Balaban J connectivity index is 1.34. The van der Waals surface area contributed by atoms with Gasteiger partial charge in [-0.15, -0.1) is 0 Å². The topological polar surface area (TPSA) is 78.7 Å². The van der Waals surface area contributed by atoms with Crippen LogP contribution in [0.3, 0.4) is 0 Å². The van der Waals surface area contributed by atoms with E-state index in [1.54, 1.807) is 40.3 Å². The molecule has 142 valence electrons. The molecule has 7 nitrogen and oxygen atoms in total. The minimum absolute atomic E-state index is 0.0798. The Labute approximate surface area is 162 Å². The van der Waals surface area contributed by atoms with Crippen LogP contribution in [0.15, 0.2) is 71.5 Å². The summed E-state index contributed by atoms with van der Waals surface area (Å²) in [7, 11) is 0. The molecule has 1 aliphatic rings. The minimum Gasteiger partial charge on any atom is -0.459 e. The van der Waals surface area contributed by atoms with Gasteiger partial charge >= 0.3 is 0 Å². The molecule has 1 aliphatic heterocycles. The normalized spacial score (nSPS) is 14.0. The molecule has 0 radical (unpaired) electrons. The van der Waals surface area contributed by atoms with Crippen LogP contribution >= 0.6 is 0 Å². The summed E-state index contributed by atoms with van der Waals surface area (Å²) in [6.07, 6.45) is 3.06. The van der Waals surface area contributed by atoms with Gasteiger partial charge in [-0.3, -0.25) is 9.59 Å². The number of para-hydroxylation sites is 1. The van der Waals surface area contributed by atoms with Gasteiger partial charge in [-0.05, 0) is 36.4 Å². The Morgan fingerprint density at radius 1 is 0.857 bits per heavy atom. The molecule has 1 N–H and O–H groups in total. The van der Waals surface area contributed by atoms with Crippen LogP contribution in [0.1, 0.15) is 20.9 Å². The number of anilines is 2. The maximum absolute atomic E-state index is 12.7. The highest BCUT2D eigenvalue weighted by atomic mass is 16.3. The van der Waals surface area contributed by atoms with Gasteiger partial charge in [-0.1, -0.05) is 18.2 Å². The number of hydrogen-bond donors (Lipinski definition) is 1.